The number of fused-ring (bicyclic) bond motifs is 1. The Kier molecular flexibility index (Phi) is 8.22. The fraction of sp³-hybridized carbons (Fsp3) is 0.556. The Morgan fingerprint density at radius 2 is 2.04 bits per heavy atom. The van der Waals surface area contributed by atoms with Gasteiger partial charge in [0, 0.05) is 31.4 Å². The Balaban J connectivity index is 0.00000196. The molecule has 0 radical (unpaired) electrons. The van der Waals surface area contributed by atoms with Crippen molar-refractivity contribution in [1.82, 2.24) is 19.4 Å². The summed E-state index contributed by atoms with van der Waals surface area (Å²) in [7, 11) is 0. The van der Waals surface area contributed by atoms with Gasteiger partial charge in [-0.15, -0.1) is 24.8 Å². The maximum atomic E-state index is 13.2. The maximum absolute atomic E-state index is 13.2. The van der Waals surface area contributed by atoms with Gasteiger partial charge in [0.1, 0.15) is 0 Å². The van der Waals surface area contributed by atoms with E-state index in [1.807, 2.05) is 13.8 Å². The third-order valence-corrected chi connectivity index (χ3v) is 4.85. The zero-order chi connectivity index (χ0) is 19.0. The van der Waals surface area contributed by atoms with Crippen molar-refractivity contribution in [2.45, 2.75) is 52.1 Å². The summed E-state index contributed by atoms with van der Waals surface area (Å²) in [5.41, 5.74) is 6.13. The van der Waals surface area contributed by atoms with Crippen LogP contribution in [0.5, 0.6) is 0 Å². The van der Waals surface area contributed by atoms with E-state index in [2.05, 4.69) is 9.97 Å². The molecule has 1 unspecified atom stereocenters. The SMILES string of the molecule is CCn1c(=O)[nH]c(=O)c2c(C(=O)N3CCCC(N)C3)cc(C(C)C)nc21.Cl.Cl. The van der Waals surface area contributed by atoms with Gasteiger partial charge in [0.2, 0.25) is 0 Å². The van der Waals surface area contributed by atoms with Crippen LogP contribution in [0, 0.1) is 0 Å². The smallest absolute Gasteiger partial charge is 0.329 e. The average Bonchev–Trinajstić information content (AvgIpc) is 2.60. The largest absolute Gasteiger partial charge is 0.337 e. The van der Waals surface area contributed by atoms with Gasteiger partial charge < -0.3 is 10.6 Å². The van der Waals surface area contributed by atoms with Gasteiger partial charge in [-0.1, -0.05) is 13.8 Å². The van der Waals surface area contributed by atoms with Crippen LogP contribution >= 0.6 is 24.8 Å². The summed E-state index contributed by atoms with van der Waals surface area (Å²) in [5.74, 6) is -0.185. The molecule has 1 aliphatic heterocycles. The lowest BCUT2D eigenvalue weighted by atomic mass is 10.0. The van der Waals surface area contributed by atoms with Crippen LogP contribution in [0.3, 0.4) is 0 Å². The molecule has 1 saturated heterocycles. The summed E-state index contributed by atoms with van der Waals surface area (Å²) in [5, 5.41) is 0.167. The second-order valence-corrected chi connectivity index (χ2v) is 7.11. The minimum atomic E-state index is -0.581. The summed E-state index contributed by atoms with van der Waals surface area (Å²) >= 11 is 0. The van der Waals surface area contributed by atoms with Crippen LogP contribution in [-0.4, -0.2) is 44.5 Å². The molecule has 10 heteroatoms. The predicted molar refractivity (Wildman–Crippen MR) is 114 cm³/mol. The van der Waals surface area contributed by atoms with Crippen LogP contribution in [0.25, 0.3) is 11.0 Å². The highest BCUT2D eigenvalue weighted by molar-refractivity contribution is 6.05. The zero-order valence-corrected chi connectivity index (χ0v) is 17.9. The van der Waals surface area contributed by atoms with E-state index < -0.39 is 11.2 Å². The Hall–Kier alpha value is -1.90. The second kappa shape index (κ2) is 9.54. The van der Waals surface area contributed by atoms with Crippen LogP contribution in [0.4, 0.5) is 0 Å². The molecule has 28 heavy (non-hydrogen) atoms. The van der Waals surface area contributed by atoms with Crippen molar-refractivity contribution in [1.29, 1.82) is 0 Å². The fourth-order valence-corrected chi connectivity index (χ4v) is 3.42. The van der Waals surface area contributed by atoms with Gasteiger partial charge in [-0.05, 0) is 31.7 Å². The summed E-state index contributed by atoms with van der Waals surface area (Å²) in [6, 6.07) is 1.62. The fourth-order valence-electron chi connectivity index (χ4n) is 3.42. The molecule has 1 atom stereocenters. The lowest BCUT2D eigenvalue weighted by Crippen LogP contribution is -2.46. The molecule has 3 heterocycles. The number of halogens is 2. The third kappa shape index (κ3) is 4.39. The standard InChI is InChI=1S/C18H25N5O3.2ClH/c1-4-23-15-14(16(24)21-18(23)26)12(8-13(20-15)10(2)3)17(25)22-7-5-6-11(19)9-22;;/h8,10-11H,4-7,9,19H2,1-3H3,(H,21,24,26);2*1H. The summed E-state index contributed by atoms with van der Waals surface area (Å²) in [6.45, 7) is 7.14. The van der Waals surface area contributed by atoms with Gasteiger partial charge in [0.15, 0.2) is 5.65 Å². The number of aryl methyl sites for hydroxylation is 1. The molecule has 0 spiro atoms. The van der Waals surface area contributed by atoms with Crippen LogP contribution < -0.4 is 17.0 Å². The molecule has 3 N–H and O–H groups in total. The lowest BCUT2D eigenvalue weighted by molar-refractivity contribution is 0.0710. The van der Waals surface area contributed by atoms with Crippen LogP contribution in [0.15, 0.2) is 15.7 Å². The quantitative estimate of drug-likeness (QED) is 0.766. The van der Waals surface area contributed by atoms with Crippen LogP contribution in [-0.2, 0) is 6.54 Å². The zero-order valence-electron chi connectivity index (χ0n) is 16.2. The molecule has 0 aliphatic carbocycles. The lowest BCUT2D eigenvalue weighted by Gasteiger charge is -2.31. The highest BCUT2D eigenvalue weighted by Gasteiger charge is 2.26. The van der Waals surface area contributed by atoms with E-state index in [-0.39, 0.29) is 59.3 Å². The molecular formula is C18H27Cl2N5O3. The van der Waals surface area contributed by atoms with E-state index in [1.165, 1.54) is 4.57 Å². The number of carbonyl (C=O) groups excluding carboxylic acids is 1. The molecule has 0 aromatic carbocycles. The van der Waals surface area contributed by atoms with Gasteiger partial charge in [0.05, 0.1) is 10.9 Å². The second-order valence-electron chi connectivity index (χ2n) is 7.11. The van der Waals surface area contributed by atoms with Crippen LogP contribution in [0.1, 0.15) is 55.6 Å². The van der Waals surface area contributed by atoms with Crippen molar-refractivity contribution in [3.63, 3.8) is 0 Å². The van der Waals surface area contributed by atoms with E-state index in [1.54, 1.807) is 17.9 Å². The summed E-state index contributed by atoms with van der Waals surface area (Å²) in [4.78, 5) is 46.3. The number of nitrogens with one attached hydrogen (secondary N) is 1. The number of pyridine rings is 1. The van der Waals surface area contributed by atoms with Gasteiger partial charge in [-0.2, -0.15) is 0 Å². The Labute approximate surface area is 175 Å². The van der Waals surface area contributed by atoms with Gasteiger partial charge in [-0.25, -0.2) is 9.78 Å². The molecule has 1 aliphatic rings. The van der Waals surface area contributed by atoms with Crippen molar-refractivity contribution >= 4 is 41.8 Å². The van der Waals surface area contributed by atoms with Crippen molar-refractivity contribution in [2.24, 2.45) is 5.73 Å². The first-order chi connectivity index (χ1) is 12.3. The third-order valence-electron chi connectivity index (χ3n) is 4.85. The van der Waals surface area contributed by atoms with Crippen molar-refractivity contribution in [3.8, 4) is 0 Å². The van der Waals surface area contributed by atoms with Crippen LogP contribution in [0.2, 0.25) is 0 Å². The predicted octanol–water partition coefficient (Wildman–Crippen LogP) is 1.64. The Bertz CT molecular complexity index is 970. The summed E-state index contributed by atoms with van der Waals surface area (Å²) < 4.78 is 1.39. The van der Waals surface area contributed by atoms with Crippen molar-refractivity contribution < 1.29 is 4.79 Å². The molecule has 2 aromatic rings. The number of carbonyl (C=O) groups is 1. The highest BCUT2D eigenvalue weighted by atomic mass is 35.5. The van der Waals surface area contributed by atoms with E-state index in [4.69, 9.17) is 5.73 Å². The topological polar surface area (TPSA) is 114 Å². The molecule has 3 rings (SSSR count). The summed E-state index contributed by atoms with van der Waals surface area (Å²) in [6.07, 6.45) is 1.72. The van der Waals surface area contributed by atoms with Crippen molar-refractivity contribution in [3.05, 3.63) is 38.2 Å². The molecule has 8 nitrogen and oxygen atoms in total. The molecule has 1 amide bonds. The molecule has 1 fully saturated rings. The normalized spacial score (nSPS) is 16.6. The molecule has 156 valence electrons. The molecule has 2 aromatic heterocycles. The first kappa shape index (κ1) is 24.1. The Morgan fingerprint density at radius 1 is 1.36 bits per heavy atom. The molecule has 0 bridgehead atoms. The van der Waals surface area contributed by atoms with Crippen molar-refractivity contribution in [2.75, 3.05) is 13.1 Å². The minimum Gasteiger partial charge on any atom is -0.337 e. The van der Waals surface area contributed by atoms with Gasteiger partial charge >= 0.3 is 5.69 Å². The number of rotatable bonds is 3. The monoisotopic (exact) mass is 431 g/mol. The Morgan fingerprint density at radius 3 is 2.61 bits per heavy atom. The van der Waals surface area contributed by atoms with E-state index >= 15 is 0 Å². The van der Waals surface area contributed by atoms with E-state index in [0.29, 0.717) is 25.3 Å². The number of amides is 1. The number of nitrogens with two attached hydrogens (primary N) is 1. The highest BCUT2D eigenvalue weighted by Crippen LogP contribution is 2.22. The van der Waals surface area contributed by atoms with Gasteiger partial charge in [0.25, 0.3) is 11.5 Å². The first-order valence-corrected chi connectivity index (χ1v) is 9.06. The number of aromatic amines is 1. The van der Waals surface area contributed by atoms with Gasteiger partial charge in [-0.3, -0.25) is 19.1 Å². The number of nitrogens with zero attached hydrogens (tertiary/aromatic N) is 3. The molecule has 0 saturated carbocycles. The number of piperidine rings is 1. The first-order valence-electron chi connectivity index (χ1n) is 9.06. The minimum absolute atomic E-state index is 0. The maximum Gasteiger partial charge on any atom is 0.329 e. The molecular weight excluding hydrogens is 405 g/mol. The number of hydrogen-bond donors (Lipinski definition) is 2. The average molecular weight is 432 g/mol. The number of likely N-dealkylation sites (tertiary alicyclic amines) is 1. The van der Waals surface area contributed by atoms with E-state index in [9.17, 15) is 14.4 Å². The van der Waals surface area contributed by atoms with E-state index in [0.717, 1.165) is 12.8 Å². The number of H-pyrrole nitrogens is 1. The number of aromatic nitrogens is 3. The number of hydrogen-bond acceptors (Lipinski definition) is 5.